The maximum absolute atomic E-state index is 14.7. The quantitative estimate of drug-likeness (QED) is 0.205. The summed E-state index contributed by atoms with van der Waals surface area (Å²) in [7, 11) is 6.23. The molecule has 1 aromatic heterocycles. The molecule has 0 spiro atoms. The van der Waals surface area contributed by atoms with Crippen molar-refractivity contribution in [1.82, 2.24) is 44.4 Å². The van der Waals surface area contributed by atoms with Crippen LogP contribution in [0.15, 0.2) is 0 Å². The first-order valence-corrected chi connectivity index (χ1v) is 26.1. The van der Waals surface area contributed by atoms with Gasteiger partial charge in [-0.05, 0) is 149 Å². The van der Waals surface area contributed by atoms with Crippen molar-refractivity contribution in [2.75, 3.05) is 70.5 Å². The maximum Gasteiger partial charge on any atom is 0.244 e. The van der Waals surface area contributed by atoms with E-state index in [4.69, 9.17) is 15.0 Å². The van der Waals surface area contributed by atoms with Gasteiger partial charge in [-0.25, -0.2) is 0 Å². The molecule has 1 atom stereocenters. The van der Waals surface area contributed by atoms with Gasteiger partial charge in [0, 0.05) is 60.8 Å². The number of hydrogen-bond acceptors (Lipinski definition) is 11. The molecule has 14 heteroatoms. The predicted molar refractivity (Wildman–Crippen MR) is 265 cm³/mol. The van der Waals surface area contributed by atoms with Crippen LogP contribution < -0.4 is 9.80 Å². The second-order valence-corrected chi connectivity index (χ2v) is 25.1. The minimum Gasteiger partial charge on any atom is -0.339 e. The molecule has 0 radical (unpaired) electrons. The number of likely N-dealkylation sites (N-methyl/N-ethyl adjacent to an activating group) is 3. The summed E-state index contributed by atoms with van der Waals surface area (Å²) in [5, 5.41) is 0. The van der Waals surface area contributed by atoms with Gasteiger partial charge < -0.3 is 24.5 Å². The van der Waals surface area contributed by atoms with E-state index in [1.54, 1.807) is 0 Å². The molecule has 4 heterocycles. The van der Waals surface area contributed by atoms with Gasteiger partial charge in [0.25, 0.3) is 0 Å². The molecule has 3 saturated carbocycles. The van der Waals surface area contributed by atoms with Crippen molar-refractivity contribution < 1.29 is 14.4 Å². The fourth-order valence-corrected chi connectivity index (χ4v) is 13.0. The van der Waals surface area contributed by atoms with Gasteiger partial charge in [-0.1, -0.05) is 57.8 Å². The molecule has 1 unspecified atom stereocenters. The molecular weight excluding hydrogens is 827 g/mol. The summed E-state index contributed by atoms with van der Waals surface area (Å²) in [5.41, 5.74) is -2.77. The SMILES string of the molecule is CN1C(C)(C)CN(CC(c2nc(N(CN3CC(C)(C)N(C)C(C)(C)C3=O)C3CCCCC3)nc(N(CN3CC(C)(C)N(C)C(C)(C)C3=O)C3CCCCC3)n2)C2CCCCC2)C(=O)C1(C)C. The molecule has 3 amide bonds. The number of anilines is 2. The lowest BCUT2D eigenvalue weighted by molar-refractivity contribution is -0.158. The Balaban J connectivity index is 1.41. The van der Waals surface area contributed by atoms with E-state index in [1.807, 2.05) is 0 Å². The Morgan fingerprint density at radius 2 is 0.788 bits per heavy atom. The molecule has 6 aliphatic rings. The summed E-state index contributed by atoms with van der Waals surface area (Å²) in [6, 6.07) is 0.303. The van der Waals surface area contributed by atoms with E-state index in [9.17, 15) is 14.4 Å². The summed E-state index contributed by atoms with van der Waals surface area (Å²) in [6.07, 6.45) is 16.5. The largest absolute Gasteiger partial charge is 0.339 e. The lowest BCUT2D eigenvalue weighted by atomic mass is 9.78. The molecule has 372 valence electrons. The zero-order valence-electron chi connectivity index (χ0n) is 44.3. The van der Waals surface area contributed by atoms with Crippen LogP contribution in [0, 0.1) is 5.92 Å². The Morgan fingerprint density at radius 3 is 1.15 bits per heavy atom. The lowest BCUT2D eigenvalue weighted by Crippen LogP contribution is -2.71. The molecule has 66 heavy (non-hydrogen) atoms. The van der Waals surface area contributed by atoms with Gasteiger partial charge >= 0.3 is 0 Å². The molecule has 0 N–H and O–H groups in total. The fraction of sp³-hybridized carbons (Fsp3) is 0.885. The Kier molecular flexibility index (Phi) is 14.4. The molecule has 1 aromatic rings. The molecule has 0 aromatic carbocycles. The number of nitrogens with zero attached hydrogens (tertiary/aromatic N) is 11. The smallest absolute Gasteiger partial charge is 0.244 e. The zero-order chi connectivity index (χ0) is 48.4. The number of carbonyl (C=O) groups is 3. The number of rotatable bonds is 12. The van der Waals surface area contributed by atoms with Crippen LogP contribution >= 0.6 is 0 Å². The molecule has 3 aliphatic heterocycles. The number of amides is 3. The average Bonchev–Trinajstić information content (AvgIpc) is 3.28. The summed E-state index contributed by atoms with van der Waals surface area (Å²) >= 11 is 0. The van der Waals surface area contributed by atoms with E-state index >= 15 is 0 Å². The highest BCUT2D eigenvalue weighted by Gasteiger charge is 2.52. The molecule has 3 saturated heterocycles. The van der Waals surface area contributed by atoms with Crippen LogP contribution in [0.5, 0.6) is 0 Å². The van der Waals surface area contributed by atoms with Crippen molar-refractivity contribution in [1.29, 1.82) is 0 Å². The molecular formula is C52H91N11O3. The Labute approximate surface area is 400 Å². The summed E-state index contributed by atoms with van der Waals surface area (Å²) in [6.45, 7) is 28.9. The number of aromatic nitrogens is 3. The number of carbonyl (C=O) groups excluding carboxylic acids is 3. The summed E-state index contributed by atoms with van der Waals surface area (Å²) in [4.78, 5) is 78.6. The van der Waals surface area contributed by atoms with E-state index in [1.165, 1.54) is 19.3 Å². The average molecular weight is 918 g/mol. The van der Waals surface area contributed by atoms with E-state index in [2.05, 4.69) is 143 Å². The third-order valence-electron chi connectivity index (χ3n) is 18.2. The van der Waals surface area contributed by atoms with Crippen LogP contribution in [0.3, 0.4) is 0 Å². The van der Waals surface area contributed by atoms with Crippen LogP contribution in [0.1, 0.15) is 191 Å². The van der Waals surface area contributed by atoms with Gasteiger partial charge in [0.05, 0.1) is 30.0 Å². The molecule has 3 aliphatic carbocycles. The monoisotopic (exact) mass is 918 g/mol. The van der Waals surface area contributed by atoms with E-state index < -0.39 is 16.6 Å². The van der Waals surface area contributed by atoms with E-state index in [0.29, 0.717) is 57.3 Å². The van der Waals surface area contributed by atoms with Gasteiger partial charge in [-0.15, -0.1) is 0 Å². The highest BCUT2D eigenvalue weighted by atomic mass is 16.2. The maximum atomic E-state index is 14.7. The Hall–Kier alpha value is -3.10. The molecule has 14 nitrogen and oxygen atoms in total. The third-order valence-corrected chi connectivity index (χ3v) is 18.2. The minimum atomic E-state index is -0.688. The van der Waals surface area contributed by atoms with Crippen molar-refractivity contribution in [3.63, 3.8) is 0 Å². The first-order valence-electron chi connectivity index (χ1n) is 26.1. The van der Waals surface area contributed by atoms with Crippen molar-refractivity contribution in [3.05, 3.63) is 5.82 Å². The highest BCUT2D eigenvalue weighted by molar-refractivity contribution is 5.88. The zero-order valence-corrected chi connectivity index (χ0v) is 44.3. The van der Waals surface area contributed by atoms with Crippen LogP contribution in [0.25, 0.3) is 0 Å². The van der Waals surface area contributed by atoms with Gasteiger partial charge in [-0.3, -0.25) is 29.1 Å². The first-order chi connectivity index (χ1) is 30.7. The summed E-state index contributed by atoms with van der Waals surface area (Å²) in [5.74, 6) is 2.56. The van der Waals surface area contributed by atoms with Crippen LogP contribution in [-0.4, -0.2) is 168 Å². The van der Waals surface area contributed by atoms with Crippen molar-refractivity contribution in [2.45, 2.75) is 231 Å². The van der Waals surface area contributed by atoms with Gasteiger partial charge in [0.1, 0.15) is 5.82 Å². The molecule has 7 rings (SSSR count). The van der Waals surface area contributed by atoms with E-state index in [0.717, 1.165) is 82.9 Å². The highest BCUT2D eigenvalue weighted by Crippen LogP contribution is 2.41. The summed E-state index contributed by atoms with van der Waals surface area (Å²) < 4.78 is 0. The van der Waals surface area contributed by atoms with Crippen LogP contribution in [-0.2, 0) is 14.4 Å². The topological polar surface area (TPSA) is 116 Å². The molecule has 0 bridgehead atoms. The third kappa shape index (κ3) is 9.72. The van der Waals surface area contributed by atoms with Crippen molar-refractivity contribution in [2.24, 2.45) is 5.92 Å². The van der Waals surface area contributed by atoms with Crippen molar-refractivity contribution in [3.8, 4) is 0 Å². The Bertz CT molecular complexity index is 1680. The number of hydrogen-bond donors (Lipinski definition) is 0. The van der Waals surface area contributed by atoms with Crippen molar-refractivity contribution >= 4 is 29.6 Å². The lowest BCUT2D eigenvalue weighted by Gasteiger charge is -2.55. The normalized spacial score (nSPS) is 27.3. The second-order valence-electron chi connectivity index (χ2n) is 25.1. The van der Waals surface area contributed by atoms with Gasteiger partial charge in [0.15, 0.2) is 0 Å². The predicted octanol–water partition coefficient (Wildman–Crippen LogP) is 7.72. The fourth-order valence-electron chi connectivity index (χ4n) is 13.0. The van der Waals surface area contributed by atoms with Gasteiger partial charge in [-0.2, -0.15) is 15.0 Å². The standard InChI is InChI=1S/C52H91N11O3/c1-47(2)32-59(42(64)50(7,8)56(47)13)31-40(37-25-19-16-20-26-37)41-53-45(62(38-27-21-17-22-28-38)35-60-33-48(3,4)57(14)51(9,10)43(60)65)55-46(54-41)63(39-29-23-18-24-30-39)36-61-34-49(5,6)58(15)52(11,12)44(61)66/h37-40H,16-36H2,1-15H3. The molecule has 6 fully saturated rings. The minimum absolute atomic E-state index is 0.112. The van der Waals surface area contributed by atoms with Crippen LogP contribution in [0.4, 0.5) is 11.9 Å². The first kappa shape index (κ1) is 50.8. The van der Waals surface area contributed by atoms with Crippen LogP contribution in [0.2, 0.25) is 0 Å². The second kappa shape index (κ2) is 18.7. The Morgan fingerprint density at radius 1 is 0.470 bits per heavy atom. The van der Waals surface area contributed by atoms with E-state index in [-0.39, 0.29) is 52.3 Å². The van der Waals surface area contributed by atoms with Gasteiger partial charge in [0.2, 0.25) is 29.6 Å². The number of piperazine rings is 3.